The number of fused-ring (bicyclic) bond motifs is 3. The van der Waals surface area contributed by atoms with Gasteiger partial charge in [-0.2, -0.15) is 14.8 Å². The molecule has 1 saturated carbocycles. The molecule has 1 aliphatic carbocycles. The Hall–Kier alpha value is -2.51. The third-order valence-corrected chi connectivity index (χ3v) is 5.15. The van der Waals surface area contributed by atoms with Gasteiger partial charge in [-0.05, 0) is 31.4 Å². The van der Waals surface area contributed by atoms with Crippen LogP contribution in [0.25, 0.3) is 17.0 Å². The molecule has 0 bridgehead atoms. The van der Waals surface area contributed by atoms with E-state index in [1.54, 1.807) is 6.20 Å². The van der Waals surface area contributed by atoms with Gasteiger partial charge in [0.1, 0.15) is 5.82 Å². The zero-order chi connectivity index (χ0) is 15.4. The Morgan fingerprint density at radius 3 is 2.91 bits per heavy atom. The van der Waals surface area contributed by atoms with Gasteiger partial charge < -0.3 is 4.90 Å². The van der Waals surface area contributed by atoms with E-state index in [4.69, 9.17) is 4.98 Å². The first-order valence-corrected chi connectivity index (χ1v) is 8.20. The molecule has 0 amide bonds. The summed E-state index contributed by atoms with van der Waals surface area (Å²) in [5.41, 5.74) is 4.04. The standard InChI is InChI=1S/C15H18N8/c1-9-11-6-7-22(10-4-2-3-5-10)15(11)23-14(17-9)12(8-16-23)13-18-20-21-19-13/h8,10H,2-7H2,1H3,(H,18,19,20,21). The van der Waals surface area contributed by atoms with Crippen molar-refractivity contribution in [3.63, 3.8) is 0 Å². The van der Waals surface area contributed by atoms with Crippen LogP contribution in [0.15, 0.2) is 6.20 Å². The summed E-state index contributed by atoms with van der Waals surface area (Å²) >= 11 is 0. The van der Waals surface area contributed by atoms with Gasteiger partial charge in [0.15, 0.2) is 5.65 Å². The van der Waals surface area contributed by atoms with E-state index in [1.807, 2.05) is 4.52 Å². The molecule has 23 heavy (non-hydrogen) atoms. The highest BCUT2D eigenvalue weighted by Crippen LogP contribution is 2.37. The van der Waals surface area contributed by atoms with Crippen molar-refractivity contribution in [3.8, 4) is 11.4 Å². The van der Waals surface area contributed by atoms with E-state index in [-0.39, 0.29) is 0 Å². The van der Waals surface area contributed by atoms with E-state index >= 15 is 0 Å². The number of aromatic amines is 1. The van der Waals surface area contributed by atoms with Crippen LogP contribution in [0.3, 0.4) is 0 Å². The molecule has 1 aliphatic heterocycles. The minimum absolute atomic E-state index is 0.539. The zero-order valence-electron chi connectivity index (χ0n) is 13.0. The maximum absolute atomic E-state index is 4.78. The Bertz CT molecular complexity index is 859. The van der Waals surface area contributed by atoms with Gasteiger partial charge in [-0.15, -0.1) is 10.2 Å². The molecule has 4 heterocycles. The summed E-state index contributed by atoms with van der Waals surface area (Å²) in [5.74, 6) is 1.76. The number of aromatic nitrogens is 7. The number of nitrogens with one attached hydrogen (secondary N) is 1. The Morgan fingerprint density at radius 2 is 2.13 bits per heavy atom. The average molecular weight is 310 g/mol. The maximum Gasteiger partial charge on any atom is 0.210 e. The fraction of sp³-hybridized carbons (Fsp3) is 0.533. The summed E-state index contributed by atoms with van der Waals surface area (Å²) in [7, 11) is 0. The van der Waals surface area contributed by atoms with Crippen LogP contribution in [0.2, 0.25) is 0 Å². The fourth-order valence-corrected chi connectivity index (χ4v) is 4.05. The van der Waals surface area contributed by atoms with E-state index in [0.717, 1.165) is 29.9 Å². The van der Waals surface area contributed by atoms with Gasteiger partial charge >= 0.3 is 0 Å². The summed E-state index contributed by atoms with van der Waals surface area (Å²) in [4.78, 5) is 7.32. The van der Waals surface area contributed by atoms with E-state index in [1.165, 1.54) is 37.1 Å². The molecule has 118 valence electrons. The number of H-pyrrole nitrogens is 1. The van der Waals surface area contributed by atoms with E-state index in [9.17, 15) is 0 Å². The number of nitrogens with zero attached hydrogens (tertiary/aromatic N) is 7. The first-order valence-electron chi connectivity index (χ1n) is 8.20. The predicted molar refractivity (Wildman–Crippen MR) is 84.2 cm³/mol. The number of rotatable bonds is 2. The highest BCUT2D eigenvalue weighted by atomic mass is 15.5. The van der Waals surface area contributed by atoms with Crippen molar-refractivity contribution in [2.24, 2.45) is 0 Å². The second-order valence-corrected chi connectivity index (χ2v) is 6.41. The number of tetrazole rings is 1. The molecule has 1 N–H and O–H groups in total. The van der Waals surface area contributed by atoms with Crippen LogP contribution >= 0.6 is 0 Å². The minimum Gasteiger partial charge on any atom is -0.353 e. The van der Waals surface area contributed by atoms with Gasteiger partial charge in [0.05, 0.1) is 11.8 Å². The monoisotopic (exact) mass is 310 g/mol. The highest BCUT2D eigenvalue weighted by Gasteiger charge is 2.33. The van der Waals surface area contributed by atoms with Crippen molar-refractivity contribution in [2.45, 2.75) is 45.1 Å². The van der Waals surface area contributed by atoms with E-state index in [0.29, 0.717) is 11.9 Å². The van der Waals surface area contributed by atoms with Crippen LogP contribution in [0.5, 0.6) is 0 Å². The van der Waals surface area contributed by atoms with Crippen molar-refractivity contribution in [2.75, 3.05) is 11.4 Å². The normalized spacial score (nSPS) is 18.2. The molecule has 5 rings (SSSR count). The van der Waals surface area contributed by atoms with Gasteiger partial charge in [0, 0.05) is 23.8 Å². The van der Waals surface area contributed by atoms with Crippen LogP contribution in [0, 0.1) is 6.92 Å². The maximum atomic E-state index is 4.78. The Labute approximate surface area is 132 Å². The van der Waals surface area contributed by atoms with Gasteiger partial charge in [-0.3, -0.25) is 0 Å². The van der Waals surface area contributed by atoms with Gasteiger partial charge in [0.2, 0.25) is 5.82 Å². The molecule has 8 heteroatoms. The second kappa shape index (κ2) is 4.74. The zero-order valence-corrected chi connectivity index (χ0v) is 13.0. The van der Waals surface area contributed by atoms with Gasteiger partial charge in [-0.25, -0.2) is 4.98 Å². The van der Waals surface area contributed by atoms with Crippen molar-refractivity contribution in [1.29, 1.82) is 0 Å². The van der Waals surface area contributed by atoms with Crippen LogP contribution in [0.1, 0.15) is 36.9 Å². The molecule has 0 unspecified atom stereocenters. The Balaban J connectivity index is 1.72. The molecule has 8 nitrogen and oxygen atoms in total. The lowest BCUT2D eigenvalue weighted by Crippen LogP contribution is -2.32. The summed E-state index contributed by atoms with van der Waals surface area (Å²) in [6.45, 7) is 3.16. The molecule has 2 aliphatic rings. The van der Waals surface area contributed by atoms with Crippen molar-refractivity contribution < 1.29 is 0 Å². The lowest BCUT2D eigenvalue weighted by Gasteiger charge is -2.27. The number of anilines is 1. The topological polar surface area (TPSA) is 87.9 Å². The van der Waals surface area contributed by atoms with Crippen LogP contribution in [-0.2, 0) is 6.42 Å². The molecule has 0 saturated heterocycles. The number of aryl methyl sites for hydroxylation is 1. The first-order chi connectivity index (χ1) is 11.3. The molecule has 3 aromatic heterocycles. The first kappa shape index (κ1) is 13.0. The quantitative estimate of drug-likeness (QED) is 0.772. The highest BCUT2D eigenvalue weighted by molar-refractivity contribution is 5.75. The summed E-state index contributed by atoms with van der Waals surface area (Å²) in [6.07, 6.45) is 8.06. The second-order valence-electron chi connectivity index (χ2n) is 6.41. The number of hydrogen-bond donors (Lipinski definition) is 1. The third-order valence-electron chi connectivity index (χ3n) is 5.15. The predicted octanol–water partition coefficient (Wildman–Crippen LogP) is 1.52. The Kier molecular flexibility index (Phi) is 2.67. The van der Waals surface area contributed by atoms with Crippen molar-refractivity contribution in [1.82, 2.24) is 35.2 Å². The molecule has 0 aromatic carbocycles. The fourth-order valence-electron chi connectivity index (χ4n) is 4.05. The molecule has 0 spiro atoms. The minimum atomic E-state index is 0.539. The Morgan fingerprint density at radius 1 is 1.26 bits per heavy atom. The lowest BCUT2D eigenvalue weighted by molar-refractivity contribution is 0.614. The van der Waals surface area contributed by atoms with Crippen LogP contribution in [-0.4, -0.2) is 47.8 Å². The third kappa shape index (κ3) is 1.80. The number of hydrogen-bond acceptors (Lipinski definition) is 6. The largest absolute Gasteiger partial charge is 0.353 e. The van der Waals surface area contributed by atoms with Crippen LogP contribution in [0.4, 0.5) is 5.82 Å². The van der Waals surface area contributed by atoms with Crippen LogP contribution < -0.4 is 4.90 Å². The van der Waals surface area contributed by atoms with Gasteiger partial charge in [0.25, 0.3) is 0 Å². The summed E-state index contributed by atoms with van der Waals surface area (Å²) < 4.78 is 1.97. The SMILES string of the molecule is Cc1nc2c(-c3nn[nH]n3)cnn2c2c1CCN2C1CCCC1. The smallest absolute Gasteiger partial charge is 0.210 e. The molecule has 0 atom stereocenters. The van der Waals surface area contributed by atoms with Gasteiger partial charge in [-0.1, -0.05) is 12.8 Å². The van der Waals surface area contributed by atoms with Crippen molar-refractivity contribution in [3.05, 3.63) is 17.5 Å². The van der Waals surface area contributed by atoms with Crippen molar-refractivity contribution >= 4 is 11.5 Å². The molecule has 0 radical (unpaired) electrons. The molecular weight excluding hydrogens is 292 g/mol. The molecular formula is C15H18N8. The molecule has 3 aromatic rings. The van der Waals surface area contributed by atoms with E-state index in [2.05, 4.69) is 37.5 Å². The average Bonchev–Trinajstić information content (AvgIpc) is 3.31. The lowest BCUT2D eigenvalue weighted by atomic mass is 10.2. The summed E-state index contributed by atoms with van der Waals surface area (Å²) in [5, 5.41) is 18.9. The summed E-state index contributed by atoms with van der Waals surface area (Å²) in [6, 6.07) is 0.638. The van der Waals surface area contributed by atoms with E-state index < -0.39 is 0 Å². The molecule has 1 fully saturated rings.